The average molecular weight is 285 g/mol. The van der Waals surface area contributed by atoms with Crippen LogP contribution in [0.2, 0.25) is 0 Å². The molecule has 0 aliphatic rings. The van der Waals surface area contributed by atoms with Gasteiger partial charge in [0.2, 0.25) is 0 Å². The lowest BCUT2D eigenvalue weighted by atomic mass is 9.89. The highest BCUT2D eigenvalue weighted by molar-refractivity contribution is 5.89. The Hall–Kier alpha value is -2.15. The molecule has 0 heterocycles. The van der Waals surface area contributed by atoms with E-state index in [1.54, 1.807) is 6.07 Å². The predicted molar refractivity (Wildman–Crippen MR) is 66.2 cm³/mol. The molecule has 0 fully saturated rings. The Morgan fingerprint density at radius 3 is 2.30 bits per heavy atom. The maximum absolute atomic E-state index is 13.0. The van der Waals surface area contributed by atoms with Crippen molar-refractivity contribution >= 4 is 16.5 Å². The molecule has 1 N–H and O–H groups in total. The second kappa shape index (κ2) is 4.45. The molecule has 0 radical (unpaired) electrons. The van der Waals surface area contributed by atoms with Crippen LogP contribution in [-0.2, 0) is 5.60 Å². The van der Waals surface area contributed by atoms with Crippen molar-refractivity contribution in [3.63, 3.8) is 0 Å². The van der Waals surface area contributed by atoms with Crippen LogP contribution in [-0.4, -0.2) is 16.2 Å². The molecule has 0 aromatic heterocycles. The molecule has 2 aromatic rings. The Labute approximate surface area is 111 Å². The zero-order chi connectivity index (χ0) is 15.1. The molecule has 4 nitrogen and oxygen atoms in total. The molecule has 1 unspecified atom stereocenters. The first-order valence-electron chi connectivity index (χ1n) is 5.62. The number of rotatable bonds is 2. The zero-order valence-electron chi connectivity index (χ0n) is 10.3. The number of hydrogen-bond acceptors (Lipinski definition) is 3. The summed E-state index contributed by atoms with van der Waals surface area (Å²) in [5.41, 5.74) is -4.81. The van der Waals surface area contributed by atoms with E-state index in [0.29, 0.717) is 12.3 Å². The number of benzene rings is 2. The minimum Gasteiger partial charge on any atom is -0.376 e. The smallest absolute Gasteiger partial charge is 0.376 e. The fourth-order valence-electron chi connectivity index (χ4n) is 2.07. The van der Waals surface area contributed by atoms with Crippen molar-refractivity contribution in [2.45, 2.75) is 18.7 Å². The van der Waals surface area contributed by atoms with E-state index in [9.17, 15) is 28.4 Å². The van der Waals surface area contributed by atoms with E-state index in [0.717, 1.165) is 6.07 Å². The van der Waals surface area contributed by atoms with Crippen LogP contribution >= 0.6 is 0 Å². The first-order chi connectivity index (χ1) is 9.16. The molecule has 1 atom stereocenters. The second-order valence-corrected chi connectivity index (χ2v) is 4.51. The quantitative estimate of drug-likeness (QED) is 0.678. The summed E-state index contributed by atoms with van der Waals surface area (Å²) < 4.78 is 39.1. The highest BCUT2D eigenvalue weighted by atomic mass is 19.4. The first-order valence-corrected chi connectivity index (χ1v) is 5.62. The Balaban J connectivity index is 2.91. The van der Waals surface area contributed by atoms with E-state index < -0.39 is 28.0 Å². The van der Waals surface area contributed by atoms with Crippen LogP contribution in [0.5, 0.6) is 0 Å². The van der Waals surface area contributed by atoms with Gasteiger partial charge in [0, 0.05) is 6.07 Å². The summed E-state index contributed by atoms with van der Waals surface area (Å²) in [6.45, 7) is 0.516. The van der Waals surface area contributed by atoms with Crippen molar-refractivity contribution in [1.29, 1.82) is 0 Å². The number of nitro groups is 1. The SMILES string of the molecule is CC(O)(c1c([N+](=O)[O-])ccc2ccccc12)C(F)(F)F. The summed E-state index contributed by atoms with van der Waals surface area (Å²) in [5, 5.41) is 21.2. The third-order valence-electron chi connectivity index (χ3n) is 3.14. The Morgan fingerprint density at radius 1 is 1.15 bits per heavy atom. The van der Waals surface area contributed by atoms with Crippen LogP contribution in [0.1, 0.15) is 12.5 Å². The molecule has 0 bridgehead atoms. The molecular formula is C13H10F3NO3. The van der Waals surface area contributed by atoms with Gasteiger partial charge in [-0.05, 0) is 23.8 Å². The lowest BCUT2D eigenvalue weighted by molar-refractivity contribution is -0.388. The Kier molecular flexibility index (Phi) is 3.17. The minimum absolute atomic E-state index is 0.00373. The number of halogens is 3. The van der Waals surface area contributed by atoms with Gasteiger partial charge in [-0.3, -0.25) is 10.1 Å². The van der Waals surface area contributed by atoms with Gasteiger partial charge in [0.25, 0.3) is 5.69 Å². The number of aliphatic hydroxyl groups is 1. The number of nitrogens with zero attached hydrogens (tertiary/aromatic N) is 1. The van der Waals surface area contributed by atoms with Crippen LogP contribution < -0.4 is 0 Å². The molecule has 2 rings (SSSR count). The third kappa shape index (κ3) is 2.09. The molecule has 7 heteroatoms. The summed E-state index contributed by atoms with van der Waals surface area (Å²) >= 11 is 0. The van der Waals surface area contributed by atoms with Gasteiger partial charge in [0.05, 0.1) is 10.5 Å². The van der Waals surface area contributed by atoms with Crippen molar-refractivity contribution in [2.24, 2.45) is 0 Å². The predicted octanol–water partition coefficient (Wildman–Crippen LogP) is 3.52. The number of alkyl halides is 3. The van der Waals surface area contributed by atoms with Crippen LogP contribution in [0.4, 0.5) is 18.9 Å². The summed E-state index contributed by atoms with van der Waals surface area (Å²) in [6.07, 6.45) is -5.03. The standard InChI is InChI=1S/C13H10F3NO3/c1-12(18,13(14,15)16)11-9-5-3-2-4-8(9)6-7-10(11)17(19)20/h2-7,18H,1H3. The molecule has 0 amide bonds. The van der Waals surface area contributed by atoms with Gasteiger partial charge < -0.3 is 5.11 Å². The molecular weight excluding hydrogens is 275 g/mol. The molecule has 0 saturated carbocycles. The van der Waals surface area contributed by atoms with Crippen LogP contribution in [0, 0.1) is 10.1 Å². The van der Waals surface area contributed by atoms with Crippen molar-refractivity contribution < 1.29 is 23.2 Å². The van der Waals surface area contributed by atoms with Crippen molar-refractivity contribution in [3.05, 3.63) is 52.1 Å². The lowest BCUT2D eigenvalue weighted by Gasteiger charge is -2.27. The number of nitro benzene ring substituents is 1. The van der Waals surface area contributed by atoms with E-state index in [2.05, 4.69) is 0 Å². The van der Waals surface area contributed by atoms with Crippen molar-refractivity contribution in [1.82, 2.24) is 0 Å². The van der Waals surface area contributed by atoms with E-state index in [1.165, 1.54) is 24.3 Å². The molecule has 20 heavy (non-hydrogen) atoms. The van der Waals surface area contributed by atoms with Crippen LogP contribution in [0.25, 0.3) is 10.8 Å². The average Bonchev–Trinajstić information content (AvgIpc) is 2.35. The monoisotopic (exact) mass is 285 g/mol. The van der Waals surface area contributed by atoms with Gasteiger partial charge in [-0.15, -0.1) is 0 Å². The lowest BCUT2D eigenvalue weighted by Crippen LogP contribution is -2.39. The molecule has 2 aromatic carbocycles. The fraction of sp³-hybridized carbons (Fsp3) is 0.231. The molecule has 0 aliphatic heterocycles. The highest BCUT2D eigenvalue weighted by Crippen LogP contribution is 2.45. The number of fused-ring (bicyclic) bond motifs is 1. The summed E-state index contributed by atoms with van der Waals surface area (Å²) in [7, 11) is 0. The van der Waals surface area contributed by atoms with Gasteiger partial charge in [-0.1, -0.05) is 24.3 Å². The third-order valence-corrected chi connectivity index (χ3v) is 3.14. The molecule has 0 saturated heterocycles. The Bertz CT molecular complexity index is 680. The molecule has 106 valence electrons. The highest BCUT2D eigenvalue weighted by Gasteiger charge is 2.54. The van der Waals surface area contributed by atoms with Crippen molar-refractivity contribution in [3.8, 4) is 0 Å². The van der Waals surface area contributed by atoms with E-state index in [1.807, 2.05) is 0 Å². The zero-order valence-corrected chi connectivity index (χ0v) is 10.3. The van der Waals surface area contributed by atoms with E-state index >= 15 is 0 Å². The topological polar surface area (TPSA) is 63.4 Å². The minimum atomic E-state index is -5.03. The van der Waals surface area contributed by atoms with Crippen LogP contribution in [0.3, 0.4) is 0 Å². The van der Waals surface area contributed by atoms with Crippen LogP contribution in [0.15, 0.2) is 36.4 Å². The fourth-order valence-corrected chi connectivity index (χ4v) is 2.07. The van der Waals surface area contributed by atoms with Gasteiger partial charge >= 0.3 is 6.18 Å². The van der Waals surface area contributed by atoms with Gasteiger partial charge in [-0.25, -0.2) is 0 Å². The van der Waals surface area contributed by atoms with E-state index in [4.69, 9.17) is 0 Å². The summed E-state index contributed by atoms with van der Waals surface area (Å²) in [6, 6.07) is 8.22. The largest absolute Gasteiger partial charge is 0.421 e. The van der Waals surface area contributed by atoms with Crippen molar-refractivity contribution in [2.75, 3.05) is 0 Å². The molecule has 0 spiro atoms. The molecule has 0 aliphatic carbocycles. The Morgan fingerprint density at radius 2 is 1.75 bits per heavy atom. The second-order valence-electron chi connectivity index (χ2n) is 4.51. The van der Waals surface area contributed by atoms with E-state index in [-0.39, 0.29) is 5.39 Å². The van der Waals surface area contributed by atoms with Gasteiger partial charge in [0.1, 0.15) is 0 Å². The summed E-state index contributed by atoms with van der Waals surface area (Å²) in [5.74, 6) is 0. The maximum atomic E-state index is 13.0. The van der Waals surface area contributed by atoms with Gasteiger partial charge in [-0.2, -0.15) is 13.2 Å². The normalized spacial score (nSPS) is 15.1. The number of hydrogen-bond donors (Lipinski definition) is 1. The first kappa shape index (κ1) is 14.3. The summed E-state index contributed by atoms with van der Waals surface area (Å²) in [4.78, 5) is 10.0. The maximum Gasteiger partial charge on any atom is 0.421 e. The van der Waals surface area contributed by atoms with Gasteiger partial charge in [0.15, 0.2) is 5.60 Å².